The van der Waals surface area contributed by atoms with Crippen LogP contribution in [0, 0.1) is 5.92 Å². The summed E-state index contributed by atoms with van der Waals surface area (Å²) >= 11 is 0. The lowest BCUT2D eigenvalue weighted by Crippen LogP contribution is -2.55. The van der Waals surface area contributed by atoms with Gasteiger partial charge >= 0.3 is 5.97 Å². The largest absolute Gasteiger partial charge is 0.480 e. The molecule has 0 aromatic rings. The van der Waals surface area contributed by atoms with Crippen LogP contribution in [0.4, 0.5) is 0 Å². The van der Waals surface area contributed by atoms with E-state index in [0.29, 0.717) is 18.9 Å². The van der Waals surface area contributed by atoms with Crippen LogP contribution in [0.5, 0.6) is 0 Å². The van der Waals surface area contributed by atoms with Crippen molar-refractivity contribution in [2.24, 2.45) is 5.92 Å². The smallest absolute Gasteiger partial charge is 0.324 e. The van der Waals surface area contributed by atoms with Crippen molar-refractivity contribution in [3.63, 3.8) is 0 Å². The highest BCUT2D eigenvalue weighted by Gasteiger charge is 2.49. The summed E-state index contributed by atoms with van der Waals surface area (Å²) in [6.07, 6.45) is 5.10. The molecule has 0 radical (unpaired) electrons. The molecule has 2 unspecified atom stereocenters. The average Bonchev–Trinajstić information content (AvgIpc) is 2.97. The van der Waals surface area contributed by atoms with E-state index in [9.17, 15) is 9.90 Å². The Balaban J connectivity index is 1.93. The van der Waals surface area contributed by atoms with Gasteiger partial charge < -0.3 is 9.84 Å². The predicted octanol–water partition coefficient (Wildman–Crippen LogP) is 1.40. The second kappa shape index (κ2) is 4.72. The number of nitrogens with one attached hydrogen (secondary N) is 1. The molecule has 92 valence electrons. The summed E-state index contributed by atoms with van der Waals surface area (Å²) < 4.78 is 5.52. The molecule has 0 amide bonds. The molecule has 1 saturated heterocycles. The summed E-state index contributed by atoms with van der Waals surface area (Å²) in [6.45, 7) is 3.45. The van der Waals surface area contributed by atoms with Gasteiger partial charge in [0.2, 0.25) is 0 Å². The predicted molar refractivity (Wildman–Crippen MR) is 60.4 cm³/mol. The summed E-state index contributed by atoms with van der Waals surface area (Å²) in [4.78, 5) is 11.4. The third kappa shape index (κ3) is 2.23. The zero-order valence-corrected chi connectivity index (χ0v) is 9.87. The fourth-order valence-electron chi connectivity index (χ4n) is 2.64. The van der Waals surface area contributed by atoms with E-state index in [1.54, 1.807) is 0 Å². The quantitative estimate of drug-likeness (QED) is 0.720. The van der Waals surface area contributed by atoms with E-state index in [-0.39, 0.29) is 6.10 Å². The van der Waals surface area contributed by atoms with Gasteiger partial charge in [0.1, 0.15) is 5.54 Å². The Hall–Kier alpha value is -0.610. The van der Waals surface area contributed by atoms with Crippen molar-refractivity contribution in [1.29, 1.82) is 0 Å². The van der Waals surface area contributed by atoms with Gasteiger partial charge in [0.25, 0.3) is 0 Å². The Morgan fingerprint density at radius 3 is 2.69 bits per heavy atom. The van der Waals surface area contributed by atoms with E-state index in [4.69, 9.17) is 4.74 Å². The van der Waals surface area contributed by atoms with Gasteiger partial charge in [0.15, 0.2) is 0 Å². The maximum Gasteiger partial charge on any atom is 0.324 e. The lowest BCUT2D eigenvalue weighted by Gasteiger charge is -2.30. The van der Waals surface area contributed by atoms with Crippen molar-refractivity contribution in [3.8, 4) is 0 Å². The lowest BCUT2D eigenvalue weighted by molar-refractivity contribution is -0.146. The Kier molecular flexibility index (Phi) is 3.50. The van der Waals surface area contributed by atoms with E-state index in [1.165, 1.54) is 0 Å². The monoisotopic (exact) mass is 227 g/mol. The molecular weight excluding hydrogens is 206 g/mol. The molecule has 0 spiro atoms. The maximum absolute atomic E-state index is 11.4. The Labute approximate surface area is 96.4 Å². The molecule has 2 rings (SSSR count). The average molecular weight is 227 g/mol. The summed E-state index contributed by atoms with van der Waals surface area (Å²) in [6, 6.07) is 0. The molecule has 2 atom stereocenters. The van der Waals surface area contributed by atoms with E-state index in [1.807, 2.05) is 6.92 Å². The molecule has 1 aliphatic carbocycles. The Morgan fingerprint density at radius 1 is 1.50 bits per heavy atom. The first-order valence-electron chi connectivity index (χ1n) is 6.29. The first kappa shape index (κ1) is 11.9. The van der Waals surface area contributed by atoms with E-state index >= 15 is 0 Å². The van der Waals surface area contributed by atoms with Gasteiger partial charge in [-0.05, 0) is 38.0 Å². The normalized spacial score (nSPS) is 28.9. The minimum absolute atomic E-state index is 0.212. The van der Waals surface area contributed by atoms with Gasteiger partial charge in [-0.2, -0.15) is 0 Å². The molecule has 1 saturated carbocycles. The fraction of sp³-hybridized carbons (Fsp3) is 0.917. The highest BCUT2D eigenvalue weighted by Crippen LogP contribution is 2.41. The lowest BCUT2D eigenvalue weighted by atomic mass is 9.90. The number of rotatable bonds is 6. The van der Waals surface area contributed by atoms with Crippen LogP contribution in [0.25, 0.3) is 0 Å². The molecule has 0 bridgehead atoms. The van der Waals surface area contributed by atoms with Crippen LogP contribution in [0.3, 0.4) is 0 Å². The molecule has 0 aromatic carbocycles. The number of hydrogen-bond acceptors (Lipinski definition) is 3. The SMILES string of the molecule is CCC(NCC1CCCO1)(C(=O)O)C1CC1. The van der Waals surface area contributed by atoms with Crippen LogP contribution in [-0.2, 0) is 9.53 Å². The zero-order valence-electron chi connectivity index (χ0n) is 9.87. The minimum Gasteiger partial charge on any atom is -0.480 e. The molecule has 2 fully saturated rings. The van der Waals surface area contributed by atoms with Gasteiger partial charge in [-0.3, -0.25) is 10.1 Å². The molecule has 2 aliphatic rings. The third-order valence-corrected chi connectivity index (χ3v) is 3.88. The standard InChI is InChI=1S/C12H21NO3/c1-2-12(11(14)15,9-5-6-9)13-8-10-4-3-7-16-10/h9-10,13H,2-8H2,1H3,(H,14,15). The molecule has 2 N–H and O–H groups in total. The molecule has 1 aliphatic heterocycles. The van der Waals surface area contributed by atoms with Crippen LogP contribution in [0.15, 0.2) is 0 Å². The summed E-state index contributed by atoms with van der Waals surface area (Å²) in [7, 11) is 0. The highest BCUT2D eigenvalue weighted by atomic mass is 16.5. The summed E-state index contributed by atoms with van der Waals surface area (Å²) in [5.41, 5.74) is -0.702. The van der Waals surface area contributed by atoms with E-state index in [0.717, 1.165) is 32.3 Å². The molecule has 4 heteroatoms. The summed E-state index contributed by atoms with van der Waals surface area (Å²) in [5.74, 6) is -0.383. The maximum atomic E-state index is 11.4. The Morgan fingerprint density at radius 2 is 2.25 bits per heavy atom. The zero-order chi connectivity index (χ0) is 11.6. The van der Waals surface area contributed by atoms with Crippen molar-refractivity contribution < 1.29 is 14.6 Å². The topological polar surface area (TPSA) is 58.6 Å². The molecular formula is C12H21NO3. The van der Waals surface area contributed by atoms with E-state index < -0.39 is 11.5 Å². The van der Waals surface area contributed by atoms with Gasteiger partial charge in [-0.15, -0.1) is 0 Å². The van der Waals surface area contributed by atoms with Gasteiger partial charge in [-0.25, -0.2) is 0 Å². The molecule has 1 heterocycles. The van der Waals surface area contributed by atoms with Crippen LogP contribution >= 0.6 is 0 Å². The number of ether oxygens (including phenoxy) is 1. The van der Waals surface area contributed by atoms with Crippen LogP contribution in [0.1, 0.15) is 39.0 Å². The Bertz CT molecular complexity index is 259. The van der Waals surface area contributed by atoms with Crippen LogP contribution in [-0.4, -0.2) is 35.9 Å². The van der Waals surface area contributed by atoms with Crippen molar-refractivity contribution >= 4 is 5.97 Å². The minimum atomic E-state index is -0.702. The van der Waals surface area contributed by atoms with Crippen molar-refractivity contribution in [3.05, 3.63) is 0 Å². The van der Waals surface area contributed by atoms with Gasteiger partial charge in [0.05, 0.1) is 6.10 Å². The second-order valence-electron chi connectivity index (χ2n) is 4.92. The third-order valence-electron chi connectivity index (χ3n) is 3.88. The summed E-state index contributed by atoms with van der Waals surface area (Å²) in [5, 5.41) is 12.7. The number of hydrogen-bond donors (Lipinski definition) is 2. The number of aliphatic carboxylic acids is 1. The number of carbonyl (C=O) groups is 1. The van der Waals surface area contributed by atoms with Crippen molar-refractivity contribution in [2.75, 3.05) is 13.2 Å². The van der Waals surface area contributed by atoms with E-state index in [2.05, 4.69) is 5.32 Å². The van der Waals surface area contributed by atoms with Crippen LogP contribution in [0.2, 0.25) is 0 Å². The fourth-order valence-corrected chi connectivity index (χ4v) is 2.64. The number of carboxylic acids is 1. The molecule has 0 aromatic heterocycles. The molecule has 16 heavy (non-hydrogen) atoms. The number of carboxylic acid groups (broad SMARTS) is 1. The van der Waals surface area contributed by atoms with Crippen LogP contribution < -0.4 is 5.32 Å². The van der Waals surface area contributed by atoms with Crippen molar-refractivity contribution in [2.45, 2.75) is 50.7 Å². The molecule has 4 nitrogen and oxygen atoms in total. The van der Waals surface area contributed by atoms with Gasteiger partial charge in [0, 0.05) is 13.2 Å². The van der Waals surface area contributed by atoms with Crippen molar-refractivity contribution in [1.82, 2.24) is 5.32 Å². The first-order chi connectivity index (χ1) is 7.69. The second-order valence-corrected chi connectivity index (χ2v) is 4.92. The highest BCUT2D eigenvalue weighted by molar-refractivity contribution is 5.79. The van der Waals surface area contributed by atoms with Gasteiger partial charge in [-0.1, -0.05) is 6.92 Å². The first-order valence-corrected chi connectivity index (χ1v) is 6.29.